The molecular weight excluding hydrogens is 507 g/mol. The van der Waals surface area contributed by atoms with E-state index in [2.05, 4.69) is 54.5 Å². The fourth-order valence-electron chi connectivity index (χ4n) is 2.28. The average Bonchev–Trinajstić information content (AvgIpc) is 2.50. The first-order chi connectivity index (χ1) is 10.1. The van der Waals surface area contributed by atoms with E-state index < -0.39 is 0 Å². The van der Waals surface area contributed by atoms with Gasteiger partial charge in [0.2, 0.25) is 0 Å². The molecule has 0 aliphatic carbocycles. The Balaban J connectivity index is 2.23. The summed E-state index contributed by atoms with van der Waals surface area (Å²) in [6.07, 6.45) is 0. The SMILES string of the molecule is O=C(c1cc(Br)ccc1I)c1ccc(Br)c2ccccc12. The molecule has 0 unspecified atom stereocenters. The second-order valence-corrected chi connectivity index (χ2v) is 7.53. The minimum Gasteiger partial charge on any atom is -0.289 e. The van der Waals surface area contributed by atoms with Crippen molar-refractivity contribution in [1.82, 2.24) is 0 Å². The van der Waals surface area contributed by atoms with Gasteiger partial charge in [-0.3, -0.25) is 4.79 Å². The highest BCUT2D eigenvalue weighted by molar-refractivity contribution is 14.1. The summed E-state index contributed by atoms with van der Waals surface area (Å²) in [5.74, 6) is 0.0457. The van der Waals surface area contributed by atoms with Crippen LogP contribution in [0.25, 0.3) is 10.8 Å². The molecule has 0 saturated heterocycles. The Labute approximate surface area is 153 Å². The van der Waals surface area contributed by atoms with Crippen LogP contribution in [0.1, 0.15) is 15.9 Å². The minimum atomic E-state index is 0.0457. The van der Waals surface area contributed by atoms with Crippen molar-refractivity contribution >= 4 is 71.0 Å². The lowest BCUT2D eigenvalue weighted by molar-refractivity contribution is 0.103. The van der Waals surface area contributed by atoms with E-state index in [-0.39, 0.29) is 5.78 Å². The second-order valence-electron chi connectivity index (χ2n) is 4.59. The quantitative estimate of drug-likeness (QED) is 0.293. The van der Waals surface area contributed by atoms with Crippen LogP contribution in [0, 0.1) is 3.57 Å². The first kappa shape index (κ1) is 15.2. The summed E-state index contributed by atoms with van der Waals surface area (Å²) in [6, 6.07) is 17.5. The normalized spacial score (nSPS) is 10.8. The molecule has 0 aliphatic rings. The molecule has 0 spiro atoms. The van der Waals surface area contributed by atoms with Gasteiger partial charge in [-0.15, -0.1) is 0 Å². The maximum absolute atomic E-state index is 12.9. The molecule has 3 aromatic carbocycles. The van der Waals surface area contributed by atoms with Gasteiger partial charge in [0, 0.05) is 23.6 Å². The topological polar surface area (TPSA) is 17.1 Å². The zero-order valence-electron chi connectivity index (χ0n) is 10.7. The van der Waals surface area contributed by atoms with Crippen LogP contribution in [0.3, 0.4) is 0 Å². The highest BCUT2D eigenvalue weighted by Crippen LogP contribution is 2.29. The number of hydrogen-bond acceptors (Lipinski definition) is 1. The van der Waals surface area contributed by atoms with E-state index in [0.717, 1.165) is 34.4 Å². The first-order valence-electron chi connectivity index (χ1n) is 6.25. The fourth-order valence-corrected chi connectivity index (χ4v) is 3.70. The Kier molecular flexibility index (Phi) is 4.47. The summed E-state index contributed by atoms with van der Waals surface area (Å²) < 4.78 is 2.86. The summed E-state index contributed by atoms with van der Waals surface area (Å²) >= 11 is 9.18. The van der Waals surface area contributed by atoms with E-state index in [4.69, 9.17) is 0 Å². The van der Waals surface area contributed by atoms with Crippen LogP contribution in [0.2, 0.25) is 0 Å². The van der Waals surface area contributed by atoms with Crippen molar-refractivity contribution in [3.63, 3.8) is 0 Å². The number of fused-ring (bicyclic) bond motifs is 1. The molecular formula is C17H9Br2IO. The Bertz CT molecular complexity index is 859. The van der Waals surface area contributed by atoms with Gasteiger partial charge in [-0.25, -0.2) is 0 Å². The summed E-state index contributed by atoms with van der Waals surface area (Å²) in [6.45, 7) is 0. The molecule has 0 heterocycles. The van der Waals surface area contributed by atoms with Crippen molar-refractivity contribution < 1.29 is 4.79 Å². The lowest BCUT2D eigenvalue weighted by Crippen LogP contribution is -2.04. The number of rotatable bonds is 2. The molecule has 0 radical (unpaired) electrons. The van der Waals surface area contributed by atoms with E-state index in [1.54, 1.807) is 0 Å². The number of halogens is 3. The summed E-state index contributed by atoms with van der Waals surface area (Å²) in [5.41, 5.74) is 1.45. The second kappa shape index (κ2) is 6.18. The van der Waals surface area contributed by atoms with Crippen LogP contribution in [0.5, 0.6) is 0 Å². The smallest absolute Gasteiger partial charge is 0.194 e. The lowest BCUT2D eigenvalue weighted by Gasteiger charge is -2.09. The van der Waals surface area contributed by atoms with E-state index in [1.807, 2.05) is 54.6 Å². The van der Waals surface area contributed by atoms with Gasteiger partial charge in [-0.05, 0) is 63.7 Å². The van der Waals surface area contributed by atoms with Crippen LogP contribution < -0.4 is 0 Å². The van der Waals surface area contributed by atoms with Crippen LogP contribution in [0.15, 0.2) is 63.5 Å². The molecule has 21 heavy (non-hydrogen) atoms. The van der Waals surface area contributed by atoms with Crippen LogP contribution in [-0.2, 0) is 0 Å². The number of carbonyl (C=O) groups is 1. The van der Waals surface area contributed by atoms with Gasteiger partial charge in [0.1, 0.15) is 0 Å². The van der Waals surface area contributed by atoms with Crippen molar-refractivity contribution in [2.45, 2.75) is 0 Å². The van der Waals surface area contributed by atoms with Gasteiger partial charge in [-0.2, -0.15) is 0 Å². The highest BCUT2D eigenvalue weighted by atomic mass is 127. The van der Waals surface area contributed by atoms with Crippen molar-refractivity contribution in [2.24, 2.45) is 0 Å². The average molecular weight is 516 g/mol. The van der Waals surface area contributed by atoms with Crippen LogP contribution in [0.4, 0.5) is 0 Å². The highest BCUT2D eigenvalue weighted by Gasteiger charge is 2.16. The third kappa shape index (κ3) is 2.94. The number of carbonyl (C=O) groups excluding carboxylic acids is 1. The number of benzene rings is 3. The van der Waals surface area contributed by atoms with Crippen molar-refractivity contribution in [2.75, 3.05) is 0 Å². The summed E-state index contributed by atoms with van der Waals surface area (Å²) in [4.78, 5) is 12.9. The van der Waals surface area contributed by atoms with Crippen LogP contribution in [-0.4, -0.2) is 5.78 Å². The minimum absolute atomic E-state index is 0.0457. The molecule has 0 amide bonds. The van der Waals surface area contributed by atoms with Crippen molar-refractivity contribution in [1.29, 1.82) is 0 Å². The molecule has 0 aliphatic heterocycles. The Morgan fingerprint density at radius 3 is 2.33 bits per heavy atom. The molecule has 3 rings (SSSR count). The molecule has 0 bridgehead atoms. The largest absolute Gasteiger partial charge is 0.289 e. The predicted octanol–water partition coefficient (Wildman–Crippen LogP) is 6.20. The molecule has 0 atom stereocenters. The van der Waals surface area contributed by atoms with Crippen molar-refractivity contribution in [3.8, 4) is 0 Å². The summed E-state index contributed by atoms with van der Waals surface area (Å²) in [7, 11) is 0. The monoisotopic (exact) mass is 514 g/mol. The summed E-state index contributed by atoms with van der Waals surface area (Å²) in [5, 5.41) is 2.01. The molecule has 0 N–H and O–H groups in total. The van der Waals surface area contributed by atoms with E-state index in [9.17, 15) is 4.79 Å². The number of ketones is 1. The third-order valence-electron chi connectivity index (χ3n) is 3.29. The van der Waals surface area contributed by atoms with Crippen molar-refractivity contribution in [3.05, 3.63) is 78.2 Å². The van der Waals surface area contributed by atoms with Gasteiger partial charge >= 0.3 is 0 Å². The zero-order valence-corrected chi connectivity index (χ0v) is 16.1. The van der Waals surface area contributed by atoms with Gasteiger partial charge in [0.15, 0.2) is 5.78 Å². The Morgan fingerprint density at radius 1 is 0.857 bits per heavy atom. The lowest BCUT2D eigenvalue weighted by atomic mass is 9.97. The molecule has 3 aromatic rings. The predicted molar refractivity (Wildman–Crippen MR) is 102 cm³/mol. The molecule has 0 saturated carbocycles. The first-order valence-corrected chi connectivity index (χ1v) is 8.91. The third-order valence-corrected chi connectivity index (χ3v) is 5.41. The van der Waals surface area contributed by atoms with Gasteiger partial charge in [0.25, 0.3) is 0 Å². The maximum atomic E-state index is 12.9. The van der Waals surface area contributed by atoms with Gasteiger partial charge in [-0.1, -0.05) is 56.1 Å². The molecule has 0 aromatic heterocycles. The van der Waals surface area contributed by atoms with Crippen LogP contribution >= 0.6 is 54.5 Å². The standard InChI is InChI=1S/C17H9Br2IO/c18-10-5-8-16(20)14(9-10)17(21)13-6-7-15(19)12-4-2-1-3-11(12)13/h1-9H. The molecule has 0 fully saturated rings. The number of hydrogen-bond donors (Lipinski definition) is 0. The zero-order chi connectivity index (χ0) is 15.0. The Hall–Kier alpha value is -0.720. The molecule has 1 nitrogen and oxygen atoms in total. The maximum Gasteiger partial charge on any atom is 0.194 e. The molecule has 4 heteroatoms. The van der Waals surface area contributed by atoms with Gasteiger partial charge < -0.3 is 0 Å². The van der Waals surface area contributed by atoms with E-state index in [0.29, 0.717) is 0 Å². The fraction of sp³-hybridized carbons (Fsp3) is 0. The van der Waals surface area contributed by atoms with E-state index in [1.165, 1.54) is 0 Å². The molecule has 104 valence electrons. The Morgan fingerprint density at radius 2 is 1.57 bits per heavy atom. The van der Waals surface area contributed by atoms with Gasteiger partial charge in [0.05, 0.1) is 0 Å². The van der Waals surface area contributed by atoms with E-state index >= 15 is 0 Å².